The zero-order valence-corrected chi connectivity index (χ0v) is 8.45. The van der Waals surface area contributed by atoms with Gasteiger partial charge in [0.2, 0.25) is 0 Å². The molecule has 0 radical (unpaired) electrons. The molecule has 1 fully saturated rings. The summed E-state index contributed by atoms with van der Waals surface area (Å²) >= 11 is 0. The minimum atomic E-state index is -0.766. The van der Waals surface area contributed by atoms with Crippen LogP contribution in [0.3, 0.4) is 0 Å². The van der Waals surface area contributed by atoms with Crippen molar-refractivity contribution in [3.8, 4) is 6.07 Å². The monoisotopic (exact) mass is 211 g/mol. The molecule has 1 rings (SSSR count). The van der Waals surface area contributed by atoms with E-state index in [2.05, 4.69) is 10.6 Å². The highest BCUT2D eigenvalue weighted by Crippen LogP contribution is 2.22. The maximum Gasteiger partial charge on any atom is 0.310 e. The first-order valence-corrected chi connectivity index (χ1v) is 4.65. The molecule has 0 spiro atoms. The van der Waals surface area contributed by atoms with Gasteiger partial charge >= 0.3 is 11.8 Å². The summed E-state index contributed by atoms with van der Waals surface area (Å²) in [7, 11) is 1.61. The molecule has 0 unspecified atom stereocenters. The van der Waals surface area contributed by atoms with Gasteiger partial charge in [0.1, 0.15) is 6.54 Å². The van der Waals surface area contributed by atoms with Gasteiger partial charge in [-0.05, 0) is 12.8 Å². The summed E-state index contributed by atoms with van der Waals surface area (Å²) in [6.07, 6.45) is 1.64. The van der Waals surface area contributed by atoms with Crippen molar-refractivity contribution in [2.75, 3.05) is 13.7 Å². The second-order valence-corrected chi connectivity index (χ2v) is 3.34. The molecule has 2 amide bonds. The number of carbonyl (C=O) groups is 2. The Morgan fingerprint density at radius 3 is 2.67 bits per heavy atom. The molecular weight excluding hydrogens is 198 g/mol. The largest absolute Gasteiger partial charge is 0.381 e. The van der Waals surface area contributed by atoms with Gasteiger partial charge in [-0.15, -0.1) is 0 Å². The molecule has 0 aromatic rings. The lowest BCUT2D eigenvalue weighted by molar-refractivity contribution is -0.140. The summed E-state index contributed by atoms with van der Waals surface area (Å²) in [5, 5.41) is 12.9. The summed E-state index contributed by atoms with van der Waals surface area (Å²) in [6.45, 7) is -0.155. The number of nitriles is 1. The van der Waals surface area contributed by atoms with Crippen molar-refractivity contribution in [1.29, 1.82) is 5.26 Å². The van der Waals surface area contributed by atoms with Gasteiger partial charge in [0.05, 0.1) is 12.2 Å². The lowest BCUT2D eigenvalue weighted by atomic mass is 9.89. The predicted molar refractivity (Wildman–Crippen MR) is 50.6 cm³/mol. The molecule has 0 atom stereocenters. The van der Waals surface area contributed by atoms with E-state index in [0.717, 1.165) is 12.8 Å². The molecule has 6 nitrogen and oxygen atoms in total. The first-order chi connectivity index (χ1) is 7.17. The molecule has 0 aromatic carbocycles. The standard InChI is InChI=1S/C9H13N3O3/c1-15-7-4-6(5-7)12-9(14)8(13)11-3-2-10/h6-7H,3-5H2,1H3,(H,11,13)(H,12,14). The fourth-order valence-electron chi connectivity index (χ4n) is 1.33. The van der Waals surface area contributed by atoms with E-state index < -0.39 is 11.8 Å². The number of ether oxygens (including phenoxy) is 1. The van der Waals surface area contributed by atoms with E-state index in [9.17, 15) is 9.59 Å². The third-order valence-electron chi connectivity index (χ3n) is 2.30. The molecule has 82 valence electrons. The zero-order valence-electron chi connectivity index (χ0n) is 8.45. The smallest absolute Gasteiger partial charge is 0.310 e. The van der Waals surface area contributed by atoms with E-state index in [1.807, 2.05) is 0 Å². The lowest BCUT2D eigenvalue weighted by Gasteiger charge is -2.34. The van der Waals surface area contributed by atoms with Gasteiger partial charge in [0, 0.05) is 13.2 Å². The fraction of sp³-hybridized carbons (Fsp3) is 0.667. The van der Waals surface area contributed by atoms with Crippen LogP contribution in [0, 0.1) is 11.3 Å². The topological polar surface area (TPSA) is 91.2 Å². The minimum Gasteiger partial charge on any atom is -0.381 e. The summed E-state index contributed by atoms with van der Waals surface area (Å²) in [5.41, 5.74) is 0. The van der Waals surface area contributed by atoms with Crippen LogP contribution in [-0.4, -0.2) is 37.6 Å². The van der Waals surface area contributed by atoms with Crippen molar-refractivity contribution in [2.45, 2.75) is 25.0 Å². The summed E-state index contributed by atoms with van der Waals surface area (Å²) in [5.74, 6) is -1.46. The molecule has 1 aliphatic rings. The third kappa shape index (κ3) is 3.22. The first kappa shape index (κ1) is 11.5. The van der Waals surface area contributed by atoms with E-state index >= 15 is 0 Å². The number of nitrogens with one attached hydrogen (secondary N) is 2. The molecule has 1 saturated carbocycles. The summed E-state index contributed by atoms with van der Waals surface area (Å²) in [4.78, 5) is 22.2. The van der Waals surface area contributed by atoms with E-state index in [-0.39, 0.29) is 18.7 Å². The molecule has 0 bridgehead atoms. The summed E-state index contributed by atoms with van der Waals surface area (Å²) < 4.78 is 5.03. The van der Waals surface area contributed by atoms with Gasteiger partial charge in [0.15, 0.2) is 0 Å². The van der Waals surface area contributed by atoms with Crippen LogP contribution in [0.2, 0.25) is 0 Å². The van der Waals surface area contributed by atoms with Crippen LogP contribution in [0.5, 0.6) is 0 Å². The SMILES string of the molecule is COC1CC(NC(=O)C(=O)NCC#N)C1. The van der Waals surface area contributed by atoms with Crippen molar-refractivity contribution in [3.63, 3.8) is 0 Å². The second kappa shape index (κ2) is 5.32. The van der Waals surface area contributed by atoms with Crippen LogP contribution in [0.25, 0.3) is 0 Å². The number of rotatable bonds is 3. The molecule has 2 N–H and O–H groups in total. The van der Waals surface area contributed by atoms with Crippen molar-refractivity contribution < 1.29 is 14.3 Å². The first-order valence-electron chi connectivity index (χ1n) is 4.65. The van der Waals surface area contributed by atoms with Crippen LogP contribution in [0.1, 0.15) is 12.8 Å². The lowest BCUT2D eigenvalue weighted by Crippen LogP contribution is -2.51. The Balaban J connectivity index is 2.20. The van der Waals surface area contributed by atoms with E-state index in [0.29, 0.717) is 0 Å². The van der Waals surface area contributed by atoms with Crippen molar-refractivity contribution in [1.82, 2.24) is 10.6 Å². The average Bonchev–Trinajstić information content (AvgIpc) is 2.18. The Morgan fingerprint density at radius 2 is 2.13 bits per heavy atom. The highest BCUT2D eigenvalue weighted by molar-refractivity contribution is 6.35. The number of methoxy groups -OCH3 is 1. The van der Waals surface area contributed by atoms with E-state index in [1.165, 1.54) is 0 Å². The van der Waals surface area contributed by atoms with Crippen LogP contribution < -0.4 is 10.6 Å². The van der Waals surface area contributed by atoms with E-state index in [4.69, 9.17) is 10.00 Å². The quantitative estimate of drug-likeness (QED) is 0.459. The molecular formula is C9H13N3O3. The number of carbonyl (C=O) groups excluding carboxylic acids is 2. The Hall–Kier alpha value is -1.61. The second-order valence-electron chi connectivity index (χ2n) is 3.34. The number of hydrogen-bond donors (Lipinski definition) is 2. The van der Waals surface area contributed by atoms with Gasteiger partial charge in [-0.1, -0.05) is 0 Å². The fourth-order valence-corrected chi connectivity index (χ4v) is 1.33. The maximum absolute atomic E-state index is 11.2. The van der Waals surface area contributed by atoms with Gasteiger partial charge in [-0.2, -0.15) is 5.26 Å². The molecule has 0 aromatic heterocycles. The summed E-state index contributed by atoms with van der Waals surface area (Å²) in [6, 6.07) is 1.73. The highest BCUT2D eigenvalue weighted by Gasteiger charge is 2.31. The molecule has 0 saturated heterocycles. The third-order valence-corrected chi connectivity index (χ3v) is 2.30. The average molecular weight is 211 g/mol. The Morgan fingerprint density at radius 1 is 1.47 bits per heavy atom. The van der Waals surface area contributed by atoms with Gasteiger partial charge in [0.25, 0.3) is 0 Å². The number of nitrogens with zero attached hydrogens (tertiary/aromatic N) is 1. The molecule has 15 heavy (non-hydrogen) atoms. The predicted octanol–water partition coefficient (Wildman–Crippen LogP) is -1.08. The van der Waals surface area contributed by atoms with Crippen molar-refractivity contribution >= 4 is 11.8 Å². The van der Waals surface area contributed by atoms with Crippen LogP contribution in [0.4, 0.5) is 0 Å². The van der Waals surface area contributed by atoms with Crippen LogP contribution >= 0.6 is 0 Å². The minimum absolute atomic E-state index is 0.00952. The van der Waals surface area contributed by atoms with Gasteiger partial charge in [-0.25, -0.2) is 0 Å². The van der Waals surface area contributed by atoms with Gasteiger partial charge < -0.3 is 15.4 Å². The Kier molecular flexibility index (Phi) is 4.06. The number of hydrogen-bond acceptors (Lipinski definition) is 4. The maximum atomic E-state index is 11.2. The normalized spacial score (nSPS) is 23.5. The Labute approximate surface area is 87.6 Å². The molecule has 0 aliphatic heterocycles. The number of amides is 2. The van der Waals surface area contributed by atoms with Crippen molar-refractivity contribution in [2.24, 2.45) is 0 Å². The van der Waals surface area contributed by atoms with Gasteiger partial charge in [-0.3, -0.25) is 9.59 Å². The molecule has 1 aliphatic carbocycles. The van der Waals surface area contributed by atoms with Crippen molar-refractivity contribution in [3.05, 3.63) is 0 Å². The van der Waals surface area contributed by atoms with Crippen LogP contribution in [0.15, 0.2) is 0 Å². The Bertz CT molecular complexity index is 291. The highest BCUT2D eigenvalue weighted by atomic mass is 16.5. The van der Waals surface area contributed by atoms with Crippen LogP contribution in [-0.2, 0) is 14.3 Å². The van der Waals surface area contributed by atoms with E-state index in [1.54, 1.807) is 13.2 Å². The molecule has 0 heterocycles. The molecule has 6 heteroatoms. The zero-order chi connectivity index (χ0) is 11.3.